The van der Waals surface area contributed by atoms with Crippen LogP contribution in [0.2, 0.25) is 0 Å². The number of hydrogen-bond donors (Lipinski definition) is 0. The first-order valence-corrected chi connectivity index (χ1v) is 13.7. The van der Waals surface area contributed by atoms with E-state index in [1.54, 1.807) is 6.92 Å². The van der Waals surface area contributed by atoms with Crippen LogP contribution >= 0.6 is 23.2 Å². The van der Waals surface area contributed by atoms with Crippen LogP contribution in [0.3, 0.4) is 0 Å². The Labute approximate surface area is 209 Å². The molecule has 3 nitrogen and oxygen atoms in total. The Morgan fingerprint density at radius 3 is 1.59 bits per heavy atom. The van der Waals surface area contributed by atoms with Crippen LogP contribution in [0.25, 0.3) is 5.76 Å². The molecular weight excluding hydrogens is 507 g/mol. The Bertz CT molecular complexity index is 1140. The molecule has 4 aromatic rings. The van der Waals surface area contributed by atoms with Gasteiger partial charge >= 0.3 is 6.16 Å². The standard InChI is InChI=1S/C29H25BrO3P/c1-2-32-29(31)33-28(23-18-20-24(30)21-19-23)22-34(25-12-6-3-7-13-25,26-14-8-4-9-15-26)27-16-10-5-11-17-27/h3-22H,2H2,1H3/q+1/b28-22-. The van der Waals surface area contributed by atoms with Gasteiger partial charge in [-0.2, -0.15) is 0 Å². The fourth-order valence-electron chi connectivity index (χ4n) is 3.85. The van der Waals surface area contributed by atoms with E-state index in [1.165, 1.54) is 0 Å². The molecule has 34 heavy (non-hydrogen) atoms. The summed E-state index contributed by atoms with van der Waals surface area (Å²) in [4.78, 5) is 12.5. The predicted molar refractivity (Wildman–Crippen MR) is 145 cm³/mol. The molecule has 170 valence electrons. The molecule has 0 atom stereocenters. The average Bonchev–Trinajstić information content (AvgIpc) is 2.89. The van der Waals surface area contributed by atoms with Gasteiger partial charge in [0.25, 0.3) is 0 Å². The van der Waals surface area contributed by atoms with E-state index in [0.717, 1.165) is 25.9 Å². The van der Waals surface area contributed by atoms with Crippen LogP contribution in [0.5, 0.6) is 0 Å². The third-order valence-corrected chi connectivity index (χ3v) is 9.87. The van der Waals surface area contributed by atoms with Gasteiger partial charge in [-0.25, -0.2) is 4.79 Å². The highest BCUT2D eigenvalue weighted by molar-refractivity contribution is 9.10. The zero-order valence-electron chi connectivity index (χ0n) is 18.8. The summed E-state index contributed by atoms with van der Waals surface area (Å²) in [6.45, 7) is 2.00. The molecule has 0 radical (unpaired) electrons. The summed E-state index contributed by atoms with van der Waals surface area (Å²) in [6, 6.07) is 39.0. The SMILES string of the molecule is CCOC(=O)O/C(=C\[P+](c1ccccc1)(c1ccccc1)c1ccccc1)c1ccc(Br)cc1. The Balaban J connectivity index is 2.04. The molecule has 0 amide bonds. The van der Waals surface area contributed by atoms with Gasteiger partial charge in [-0.1, -0.05) is 70.5 Å². The maximum atomic E-state index is 12.5. The maximum absolute atomic E-state index is 12.5. The highest BCUT2D eigenvalue weighted by atomic mass is 79.9. The van der Waals surface area contributed by atoms with Gasteiger partial charge in [0.1, 0.15) is 29.0 Å². The van der Waals surface area contributed by atoms with E-state index >= 15 is 0 Å². The van der Waals surface area contributed by atoms with E-state index < -0.39 is 13.4 Å². The van der Waals surface area contributed by atoms with Crippen molar-refractivity contribution in [1.29, 1.82) is 0 Å². The lowest BCUT2D eigenvalue weighted by Gasteiger charge is -2.25. The number of benzene rings is 4. The van der Waals surface area contributed by atoms with Crippen LogP contribution in [0.4, 0.5) is 4.79 Å². The lowest BCUT2D eigenvalue weighted by Crippen LogP contribution is -2.30. The predicted octanol–water partition coefficient (Wildman–Crippen LogP) is 6.91. The average molecular weight is 532 g/mol. The van der Waals surface area contributed by atoms with Gasteiger partial charge in [-0.15, -0.1) is 0 Å². The van der Waals surface area contributed by atoms with Gasteiger partial charge in [-0.05, 0) is 67.6 Å². The third-order valence-electron chi connectivity index (χ3n) is 5.39. The van der Waals surface area contributed by atoms with Gasteiger partial charge in [0.15, 0.2) is 5.76 Å². The Kier molecular flexibility index (Phi) is 7.95. The molecule has 4 rings (SSSR count). The first kappa shape index (κ1) is 23.9. The molecule has 0 bridgehead atoms. The summed E-state index contributed by atoms with van der Waals surface area (Å²) in [5.74, 6) is 2.60. The van der Waals surface area contributed by atoms with E-state index in [9.17, 15) is 4.79 Å². The van der Waals surface area contributed by atoms with E-state index in [0.29, 0.717) is 5.76 Å². The van der Waals surface area contributed by atoms with E-state index in [4.69, 9.17) is 9.47 Å². The Morgan fingerprint density at radius 1 is 0.735 bits per heavy atom. The summed E-state index contributed by atoms with van der Waals surface area (Å²) in [5, 5.41) is 3.48. The smallest absolute Gasteiger partial charge is 0.434 e. The van der Waals surface area contributed by atoms with Crippen molar-refractivity contribution in [3.05, 3.63) is 131 Å². The number of rotatable bonds is 7. The highest BCUT2D eigenvalue weighted by Crippen LogP contribution is 2.58. The Hall–Kier alpha value is -3.20. The summed E-state index contributed by atoms with van der Waals surface area (Å²) in [5.41, 5.74) is 0.795. The molecule has 0 N–H and O–H groups in total. The van der Waals surface area contributed by atoms with Crippen LogP contribution in [-0.2, 0) is 9.47 Å². The zero-order chi connectivity index (χ0) is 23.8. The molecule has 0 saturated carbocycles. The molecule has 0 aliphatic carbocycles. The molecule has 0 spiro atoms. The normalized spacial score (nSPS) is 11.6. The van der Waals surface area contributed by atoms with Crippen molar-refractivity contribution in [2.24, 2.45) is 0 Å². The monoisotopic (exact) mass is 531 g/mol. The lowest BCUT2D eigenvalue weighted by molar-refractivity contribution is 0.0954. The number of halogens is 1. The third kappa shape index (κ3) is 5.30. The summed E-state index contributed by atoms with van der Waals surface area (Å²) >= 11 is 3.50. The summed E-state index contributed by atoms with van der Waals surface area (Å²) in [7, 11) is -2.37. The van der Waals surface area contributed by atoms with Crippen LogP contribution in [-0.4, -0.2) is 12.8 Å². The molecule has 0 aliphatic rings. The molecule has 4 aromatic carbocycles. The molecule has 0 heterocycles. The van der Waals surface area contributed by atoms with E-state index in [1.807, 2.05) is 42.5 Å². The topological polar surface area (TPSA) is 35.5 Å². The van der Waals surface area contributed by atoms with Gasteiger partial charge in [0, 0.05) is 10.0 Å². The lowest BCUT2D eigenvalue weighted by atomic mass is 10.2. The second-order valence-electron chi connectivity index (χ2n) is 7.51. The van der Waals surface area contributed by atoms with Crippen molar-refractivity contribution < 1.29 is 14.3 Å². The number of carbonyl (C=O) groups excluding carboxylic acids is 1. The fraction of sp³-hybridized carbons (Fsp3) is 0.0690. The molecule has 0 saturated heterocycles. The second kappa shape index (κ2) is 11.3. The van der Waals surface area contributed by atoms with E-state index in [2.05, 4.69) is 94.5 Å². The minimum absolute atomic E-state index is 0.239. The number of carbonyl (C=O) groups is 1. The Morgan fingerprint density at radius 2 is 1.18 bits per heavy atom. The molecular formula is C29H25BrO3P+. The zero-order valence-corrected chi connectivity index (χ0v) is 21.3. The van der Waals surface area contributed by atoms with E-state index in [-0.39, 0.29) is 6.61 Å². The van der Waals surface area contributed by atoms with Crippen molar-refractivity contribution in [1.82, 2.24) is 0 Å². The molecule has 0 fully saturated rings. The molecule has 0 aliphatic heterocycles. The summed E-state index contributed by atoms with van der Waals surface area (Å²) < 4.78 is 11.9. The fourth-order valence-corrected chi connectivity index (χ4v) is 7.93. The molecule has 0 aromatic heterocycles. The minimum atomic E-state index is -2.37. The maximum Gasteiger partial charge on any atom is 0.513 e. The van der Waals surface area contributed by atoms with Crippen molar-refractivity contribution >= 4 is 51.0 Å². The first-order valence-electron chi connectivity index (χ1n) is 11.0. The largest absolute Gasteiger partial charge is 0.513 e. The first-order chi connectivity index (χ1) is 16.6. The van der Waals surface area contributed by atoms with Gasteiger partial charge in [0.05, 0.1) is 6.61 Å². The van der Waals surface area contributed by atoms with Crippen LogP contribution in [0, 0.1) is 0 Å². The minimum Gasteiger partial charge on any atom is -0.434 e. The summed E-state index contributed by atoms with van der Waals surface area (Å²) in [6.07, 6.45) is -0.719. The van der Waals surface area contributed by atoms with Crippen LogP contribution < -0.4 is 15.9 Å². The number of ether oxygens (including phenoxy) is 2. The molecule has 0 unspecified atom stereocenters. The van der Waals surface area contributed by atoms with Crippen molar-refractivity contribution in [3.63, 3.8) is 0 Å². The van der Waals surface area contributed by atoms with Gasteiger partial charge in [-0.3, -0.25) is 0 Å². The highest BCUT2D eigenvalue weighted by Gasteiger charge is 2.45. The van der Waals surface area contributed by atoms with Crippen molar-refractivity contribution in [2.75, 3.05) is 6.61 Å². The molecule has 5 heteroatoms. The van der Waals surface area contributed by atoms with Gasteiger partial charge < -0.3 is 9.47 Å². The van der Waals surface area contributed by atoms with Gasteiger partial charge in [0.2, 0.25) is 0 Å². The van der Waals surface area contributed by atoms with Crippen LogP contribution in [0.1, 0.15) is 12.5 Å². The van der Waals surface area contributed by atoms with Crippen molar-refractivity contribution in [3.8, 4) is 0 Å². The quantitative estimate of drug-likeness (QED) is 0.147. The number of hydrogen-bond acceptors (Lipinski definition) is 3. The van der Waals surface area contributed by atoms with Crippen LogP contribution in [0.15, 0.2) is 126 Å². The second-order valence-corrected chi connectivity index (χ2v) is 11.7. The van der Waals surface area contributed by atoms with Crippen molar-refractivity contribution in [2.45, 2.75) is 6.92 Å².